The fourth-order valence-electron chi connectivity index (χ4n) is 2.18. The van der Waals surface area contributed by atoms with Crippen LogP contribution in [0.25, 0.3) is 0 Å². The van der Waals surface area contributed by atoms with Gasteiger partial charge in [-0.15, -0.1) is 0 Å². The fraction of sp³-hybridized carbons (Fsp3) is 1.00. The van der Waals surface area contributed by atoms with Gasteiger partial charge in [-0.2, -0.15) is 0 Å². The van der Waals surface area contributed by atoms with E-state index in [9.17, 15) is 10.4 Å². The van der Waals surface area contributed by atoms with E-state index in [1.165, 1.54) is 0 Å². The summed E-state index contributed by atoms with van der Waals surface area (Å²) in [5.74, 6) is 0.549. The standard InChI is InChI=1S/C9H20N2O2/c1-10(12)7-8-3-5-9(6-4-8)11(2)13/h8-11H,3-7H2,1-2H3. The van der Waals surface area contributed by atoms with Gasteiger partial charge in [0.1, 0.15) is 0 Å². The lowest BCUT2D eigenvalue weighted by atomic mass is 9.86. The van der Waals surface area contributed by atoms with Crippen molar-refractivity contribution in [3.05, 3.63) is 10.4 Å². The molecule has 0 bridgehead atoms. The monoisotopic (exact) mass is 188 g/mol. The lowest BCUT2D eigenvalue weighted by molar-refractivity contribution is -0.857. The van der Waals surface area contributed by atoms with Gasteiger partial charge in [-0.25, -0.2) is 0 Å². The summed E-state index contributed by atoms with van der Waals surface area (Å²) in [6, 6.07) is 0.281. The molecule has 1 aliphatic carbocycles. The largest absolute Gasteiger partial charge is 0.634 e. The topological polar surface area (TPSA) is 55.0 Å². The van der Waals surface area contributed by atoms with Crippen molar-refractivity contribution < 1.29 is 10.1 Å². The van der Waals surface area contributed by atoms with E-state index in [2.05, 4.69) is 0 Å². The number of hydrogen-bond donors (Lipinski definition) is 2. The van der Waals surface area contributed by atoms with Crippen molar-refractivity contribution in [1.82, 2.24) is 0 Å². The molecule has 1 rings (SSSR count). The van der Waals surface area contributed by atoms with Gasteiger partial charge in [-0.05, 0) is 12.8 Å². The Morgan fingerprint density at radius 1 is 1.08 bits per heavy atom. The Kier molecular flexibility index (Phi) is 4.12. The van der Waals surface area contributed by atoms with Gasteiger partial charge < -0.3 is 20.5 Å². The van der Waals surface area contributed by atoms with E-state index < -0.39 is 0 Å². The van der Waals surface area contributed by atoms with Crippen molar-refractivity contribution in [1.29, 1.82) is 0 Å². The summed E-state index contributed by atoms with van der Waals surface area (Å²) in [5.41, 5.74) is 0. The summed E-state index contributed by atoms with van der Waals surface area (Å²) in [7, 11) is 3.33. The summed E-state index contributed by atoms with van der Waals surface area (Å²) in [4.78, 5) is 0. The van der Waals surface area contributed by atoms with Crippen molar-refractivity contribution in [3.8, 4) is 0 Å². The van der Waals surface area contributed by atoms with E-state index in [-0.39, 0.29) is 11.1 Å². The molecule has 2 atom stereocenters. The van der Waals surface area contributed by atoms with E-state index in [1.807, 2.05) is 0 Å². The van der Waals surface area contributed by atoms with E-state index in [4.69, 9.17) is 0 Å². The lowest BCUT2D eigenvalue weighted by Gasteiger charge is -2.34. The van der Waals surface area contributed by atoms with Gasteiger partial charge in [0.05, 0.1) is 26.7 Å². The second-order valence-electron chi connectivity index (χ2n) is 4.23. The molecule has 2 N–H and O–H groups in total. The maximum absolute atomic E-state index is 11.1. The van der Waals surface area contributed by atoms with Crippen LogP contribution in [0, 0.1) is 16.3 Å². The first-order valence-electron chi connectivity index (χ1n) is 5.09. The van der Waals surface area contributed by atoms with E-state index in [0.717, 1.165) is 25.7 Å². The van der Waals surface area contributed by atoms with Crippen LogP contribution in [0.4, 0.5) is 0 Å². The van der Waals surface area contributed by atoms with Crippen LogP contribution in [-0.4, -0.2) is 26.7 Å². The van der Waals surface area contributed by atoms with Crippen molar-refractivity contribution >= 4 is 0 Å². The molecule has 0 aromatic rings. The molecule has 0 aromatic heterocycles. The molecule has 1 fully saturated rings. The summed E-state index contributed by atoms with van der Waals surface area (Å²) in [6.45, 7) is 0.713. The van der Waals surface area contributed by atoms with Crippen LogP contribution in [0.2, 0.25) is 0 Å². The van der Waals surface area contributed by atoms with Gasteiger partial charge in [0.2, 0.25) is 0 Å². The first kappa shape index (κ1) is 10.9. The molecule has 0 heterocycles. The molecule has 4 nitrogen and oxygen atoms in total. The van der Waals surface area contributed by atoms with Crippen LogP contribution in [0.3, 0.4) is 0 Å². The average molecular weight is 188 g/mol. The molecular weight excluding hydrogens is 168 g/mol. The molecule has 1 aliphatic rings. The van der Waals surface area contributed by atoms with Crippen LogP contribution in [0.15, 0.2) is 0 Å². The minimum atomic E-state index is 0.281. The molecule has 1 saturated carbocycles. The first-order chi connectivity index (χ1) is 6.09. The zero-order valence-corrected chi connectivity index (χ0v) is 8.51. The van der Waals surface area contributed by atoms with Gasteiger partial charge >= 0.3 is 0 Å². The fourth-order valence-corrected chi connectivity index (χ4v) is 2.18. The van der Waals surface area contributed by atoms with Gasteiger partial charge in [0.25, 0.3) is 0 Å². The molecule has 0 amide bonds. The van der Waals surface area contributed by atoms with E-state index in [0.29, 0.717) is 17.5 Å². The molecule has 2 unspecified atom stereocenters. The van der Waals surface area contributed by atoms with Crippen molar-refractivity contribution in [3.63, 3.8) is 0 Å². The summed E-state index contributed by atoms with van der Waals surface area (Å²) in [6.07, 6.45) is 4.11. The molecule has 4 heteroatoms. The molecule has 0 radical (unpaired) electrons. The predicted molar refractivity (Wildman–Crippen MR) is 51.1 cm³/mol. The quantitative estimate of drug-likeness (QED) is 0.534. The third-order valence-corrected chi connectivity index (χ3v) is 3.00. The Hall–Kier alpha value is -0.160. The SMILES string of the molecule is C[NH+]([O-])CC1CCC([NH+](C)[O-])CC1. The molecule has 0 spiro atoms. The lowest BCUT2D eigenvalue weighted by Crippen LogP contribution is -3.08. The molecule has 13 heavy (non-hydrogen) atoms. The zero-order chi connectivity index (χ0) is 9.84. The number of hydroxylamine groups is 4. The highest BCUT2D eigenvalue weighted by molar-refractivity contribution is 4.71. The van der Waals surface area contributed by atoms with Crippen molar-refractivity contribution in [2.75, 3.05) is 20.6 Å². The maximum atomic E-state index is 11.1. The highest BCUT2D eigenvalue weighted by Crippen LogP contribution is 2.21. The Labute approximate surface area is 79.7 Å². The second-order valence-corrected chi connectivity index (χ2v) is 4.23. The Balaban J connectivity index is 2.22. The van der Waals surface area contributed by atoms with E-state index >= 15 is 0 Å². The van der Waals surface area contributed by atoms with Crippen molar-refractivity contribution in [2.24, 2.45) is 5.92 Å². The van der Waals surface area contributed by atoms with Gasteiger partial charge in [-0.3, -0.25) is 0 Å². The van der Waals surface area contributed by atoms with Crippen LogP contribution in [0.5, 0.6) is 0 Å². The van der Waals surface area contributed by atoms with Gasteiger partial charge in [-0.1, -0.05) is 0 Å². The number of rotatable bonds is 3. The summed E-state index contributed by atoms with van der Waals surface area (Å²) < 4.78 is 0. The Morgan fingerprint density at radius 2 is 1.62 bits per heavy atom. The number of nitrogens with one attached hydrogen (secondary N) is 2. The van der Waals surface area contributed by atoms with E-state index in [1.54, 1.807) is 14.1 Å². The molecule has 0 aromatic carbocycles. The molecule has 78 valence electrons. The molecular formula is C9H20N2O2. The molecule has 0 saturated heterocycles. The zero-order valence-electron chi connectivity index (χ0n) is 8.51. The van der Waals surface area contributed by atoms with Crippen LogP contribution >= 0.6 is 0 Å². The van der Waals surface area contributed by atoms with Crippen LogP contribution in [-0.2, 0) is 0 Å². The average Bonchev–Trinajstić information content (AvgIpc) is 2.04. The maximum Gasteiger partial charge on any atom is 0.0870 e. The van der Waals surface area contributed by atoms with Crippen molar-refractivity contribution in [2.45, 2.75) is 31.7 Å². The molecule has 0 aliphatic heterocycles. The highest BCUT2D eigenvalue weighted by Gasteiger charge is 2.24. The first-order valence-corrected chi connectivity index (χ1v) is 5.09. The van der Waals surface area contributed by atoms with Gasteiger partial charge in [0, 0.05) is 18.8 Å². The predicted octanol–water partition coefficient (Wildman–Crippen LogP) is -1.43. The minimum Gasteiger partial charge on any atom is -0.634 e. The van der Waals surface area contributed by atoms with Crippen LogP contribution in [0.1, 0.15) is 25.7 Å². The number of quaternary nitrogens is 2. The normalized spacial score (nSPS) is 34.2. The Bertz CT molecular complexity index is 143. The third-order valence-electron chi connectivity index (χ3n) is 3.00. The second kappa shape index (κ2) is 4.91. The highest BCUT2D eigenvalue weighted by atomic mass is 16.5. The van der Waals surface area contributed by atoms with Crippen LogP contribution < -0.4 is 10.1 Å². The summed E-state index contributed by atoms with van der Waals surface area (Å²) in [5, 5.41) is 22.5. The smallest absolute Gasteiger partial charge is 0.0870 e. The number of hydrogen-bond acceptors (Lipinski definition) is 2. The van der Waals surface area contributed by atoms with Gasteiger partial charge in [0.15, 0.2) is 0 Å². The third kappa shape index (κ3) is 3.60. The Morgan fingerprint density at radius 3 is 2.00 bits per heavy atom. The minimum absolute atomic E-state index is 0.281. The summed E-state index contributed by atoms with van der Waals surface area (Å²) >= 11 is 0.